The number of pyridine rings is 1. The third kappa shape index (κ3) is 4.20. The third-order valence-corrected chi connectivity index (χ3v) is 4.39. The molecule has 31 heavy (non-hydrogen) atoms. The first-order valence-corrected chi connectivity index (χ1v) is 8.67. The largest absolute Gasteiger partial charge is 0.489 e. The fourth-order valence-corrected chi connectivity index (χ4v) is 2.95. The number of benzene rings is 2. The smallest absolute Gasteiger partial charge is 0.342 e. The van der Waals surface area contributed by atoms with E-state index in [0.29, 0.717) is 0 Å². The van der Waals surface area contributed by atoms with E-state index in [2.05, 4.69) is 0 Å². The molecule has 0 saturated heterocycles. The fraction of sp³-hybridized carbons (Fsp3) is 0.0476. The van der Waals surface area contributed by atoms with Gasteiger partial charge in [-0.2, -0.15) is 5.26 Å². The average Bonchev–Trinajstić information content (AvgIpc) is 2.72. The highest BCUT2D eigenvalue weighted by atomic mass is 19.1. The van der Waals surface area contributed by atoms with Crippen LogP contribution in [-0.2, 0) is 6.61 Å². The molecule has 2 aromatic carbocycles. The average molecular weight is 423 g/mol. The van der Waals surface area contributed by atoms with Crippen LogP contribution in [0.1, 0.15) is 31.8 Å². The van der Waals surface area contributed by atoms with E-state index in [1.165, 1.54) is 36.4 Å². The van der Waals surface area contributed by atoms with Crippen molar-refractivity contribution in [1.82, 2.24) is 4.98 Å². The summed E-state index contributed by atoms with van der Waals surface area (Å²) in [5, 5.41) is 27.6. The van der Waals surface area contributed by atoms with Crippen molar-refractivity contribution >= 4 is 17.8 Å². The van der Waals surface area contributed by atoms with Crippen LogP contribution in [0, 0.1) is 17.1 Å². The Bertz CT molecular complexity index is 1290. The van der Waals surface area contributed by atoms with Crippen molar-refractivity contribution in [3.8, 4) is 22.9 Å². The van der Waals surface area contributed by atoms with Crippen LogP contribution in [0.25, 0.3) is 11.1 Å². The Labute approximate surface area is 173 Å². The number of nitrogens with one attached hydrogen (secondary N) is 1. The lowest BCUT2D eigenvalue weighted by Gasteiger charge is -2.13. The number of aromatic carboxylic acids is 2. The number of hydrogen-bond donors (Lipinski definition) is 4. The first-order chi connectivity index (χ1) is 14.7. The molecule has 10 heteroatoms. The lowest BCUT2D eigenvalue weighted by Crippen LogP contribution is -2.24. The van der Waals surface area contributed by atoms with Gasteiger partial charge in [0.25, 0.3) is 5.56 Å². The van der Waals surface area contributed by atoms with Crippen LogP contribution in [0.2, 0.25) is 0 Å². The van der Waals surface area contributed by atoms with Crippen LogP contribution in [0.4, 0.5) is 10.2 Å². The van der Waals surface area contributed by atoms with Gasteiger partial charge in [-0.3, -0.25) is 4.79 Å². The number of anilines is 1. The van der Waals surface area contributed by atoms with Gasteiger partial charge in [0.1, 0.15) is 35.1 Å². The number of nitrogens with two attached hydrogens (primary N) is 1. The predicted molar refractivity (Wildman–Crippen MR) is 106 cm³/mol. The van der Waals surface area contributed by atoms with Crippen molar-refractivity contribution in [2.24, 2.45) is 0 Å². The molecule has 0 aliphatic heterocycles. The van der Waals surface area contributed by atoms with Crippen LogP contribution >= 0.6 is 0 Å². The molecule has 9 nitrogen and oxygen atoms in total. The van der Waals surface area contributed by atoms with Crippen molar-refractivity contribution in [3.05, 3.63) is 80.9 Å². The fourth-order valence-electron chi connectivity index (χ4n) is 2.95. The van der Waals surface area contributed by atoms with Crippen molar-refractivity contribution in [2.45, 2.75) is 6.61 Å². The predicted octanol–water partition coefficient (Wildman–Crippen LogP) is 2.61. The van der Waals surface area contributed by atoms with Gasteiger partial charge in [0.15, 0.2) is 0 Å². The van der Waals surface area contributed by atoms with Crippen LogP contribution in [0.15, 0.2) is 47.3 Å². The van der Waals surface area contributed by atoms with Gasteiger partial charge in [-0.1, -0.05) is 18.2 Å². The van der Waals surface area contributed by atoms with Crippen LogP contribution in [-0.4, -0.2) is 27.1 Å². The number of halogens is 1. The number of rotatable bonds is 6. The van der Waals surface area contributed by atoms with Gasteiger partial charge >= 0.3 is 11.9 Å². The summed E-state index contributed by atoms with van der Waals surface area (Å²) in [5.74, 6) is -3.93. The molecule has 3 rings (SSSR count). The Morgan fingerprint density at radius 2 is 1.74 bits per heavy atom. The normalized spacial score (nSPS) is 10.3. The minimum absolute atomic E-state index is 0.115. The molecule has 1 aromatic heterocycles. The number of carbonyl (C=O) groups is 2. The van der Waals surface area contributed by atoms with Gasteiger partial charge in [0, 0.05) is 11.1 Å². The number of aromatic nitrogens is 1. The molecular weight excluding hydrogens is 409 g/mol. The Balaban J connectivity index is 1.95. The van der Waals surface area contributed by atoms with Gasteiger partial charge in [0.2, 0.25) is 0 Å². The first kappa shape index (κ1) is 21.1. The van der Waals surface area contributed by atoms with E-state index in [0.717, 1.165) is 6.07 Å². The maximum atomic E-state index is 14.0. The highest BCUT2D eigenvalue weighted by Crippen LogP contribution is 2.30. The molecule has 5 N–H and O–H groups in total. The van der Waals surface area contributed by atoms with Crippen LogP contribution in [0.3, 0.4) is 0 Å². The van der Waals surface area contributed by atoms with Crippen molar-refractivity contribution < 1.29 is 28.9 Å². The van der Waals surface area contributed by atoms with Gasteiger partial charge < -0.3 is 25.7 Å². The monoisotopic (exact) mass is 423 g/mol. The molecule has 1 heterocycles. The second-order valence-corrected chi connectivity index (χ2v) is 6.33. The Morgan fingerprint density at radius 3 is 2.29 bits per heavy atom. The molecule has 156 valence electrons. The second kappa shape index (κ2) is 8.38. The van der Waals surface area contributed by atoms with Gasteiger partial charge in [-0.05, 0) is 29.8 Å². The summed E-state index contributed by atoms with van der Waals surface area (Å²) >= 11 is 0. The number of nitriles is 1. The minimum atomic E-state index is -1.62. The number of hydrogen-bond acceptors (Lipinski definition) is 6. The van der Waals surface area contributed by atoms with E-state index in [-0.39, 0.29) is 34.6 Å². The number of carboxylic acid groups (broad SMARTS) is 2. The summed E-state index contributed by atoms with van der Waals surface area (Å²) in [7, 11) is 0. The SMILES string of the molecule is N#Cc1ccc(COc2ccc(-c3c(C(=O)O)c(N)[nH]c(=O)c3C(=O)O)cc2)c(F)c1. The number of H-pyrrole nitrogens is 1. The number of ether oxygens (including phenoxy) is 1. The molecule has 0 fully saturated rings. The highest BCUT2D eigenvalue weighted by molar-refractivity contribution is 6.07. The maximum absolute atomic E-state index is 14.0. The van der Waals surface area contributed by atoms with Crippen LogP contribution in [0.5, 0.6) is 5.75 Å². The first-order valence-electron chi connectivity index (χ1n) is 8.67. The molecule has 0 saturated carbocycles. The van der Waals surface area contributed by atoms with Gasteiger partial charge in [0.05, 0.1) is 11.6 Å². The van der Waals surface area contributed by atoms with E-state index < -0.39 is 40.3 Å². The summed E-state index contributed by atoms with van der Waals surface area (Å²) in [6.45, 7) is -0.143. The number of aromatic amines is 1. The molecule has 0 bridgehead atoms. The topological polar surface area (TPSA) is 166 Å². The maximum Gasteiger partial charge on any atom is 0.342 e. The van der Waals surface area contributed by atoms with Gasteiger partial charge in [-0.15, -0.1) is 0 Å². The van der Waals surface area contributed by atoms with E-state index in [1.54, 1.807) is 0 Å². The zero-order chi connectivity index (χ0) is 22.7. The molecule has 0 aliphatic carbocycles. The van der Waals surface area contributed by atoms with E-state index >= 15 is 0 Å². The highest BCUT2D eigenvalue weighted by Gasteiger charge is 2.26. The molecule has 0 aliphatic rings. The standard InChI is InChI=1S/C21H14FN3O6/c22-14-7-10(8-23)1-2-12(14)9-31-13-5-3-11(4-6-13)15-16(20(27)28)18(24)25-19(26)17(15)21(29)30/h1-7H,9H2,(H,27,28)(H,29,30)(H3,24,25,26). The summed E-state index contributed by atoms with van der Waals surface area (Å²) in [6, 6.07) is 11.3. The summed E-state index contributed by atoms with van der Waals surface area (Å²) in [5.41, 5.74) is 3.40. The zero-order valence-corrected chi connectivity index (χ0v) is 15.7. The number of nitrogen functional groups attached to an aromatic ring is 1. The molecule has 0 amide bonds. The van der Waals surface area contributed by atoms with Crippen molar-refractivity contribution in [2.75, 3.05) is 5.73 Å². The van der Waals surface area contributed by atoms with Crippen molar-refractivity contribution in [1.29, 1.82) is 5.26 Å². The number of carboxylic acids is 2. The molecule has 3 aromatic rings. The van der Waals surface area contributed by atoms with E-state index in [9.17, 15) is 29.0 Å². The summed E-state index contributed by atoms with van der Waals surface area (Å²) in [4.78, 5) is 37.3. The second-order valence-electron chi connectivity index (χ2n) is 6.33. The Kier molecular flexibility index (Phi) is 5.70. The van der Waals surface area contributed by atoms with Crippen molar-refractivity contribution in [3.63, 3.8) is 0 Å². The summed E-state index contributed by atoms with van der Waals surface area (Å²) in [6.07, 6.45) is 0. The molecule has 0 unspecified atom stereocenters. The zero-order valence-electron chi connectivity index (χ0n) is 15.7. The van der Waals surface area contributed by atoms with E-state index in [1.807, 2.05) is 11.1 Å². The summed E-state index contributed by atoms with van der Waals surface area (Å²) < 4.78 is 19.4. The third-order valence-electron chi connectivity index (χ3n) is 4.39. The Morgan fingerprint density at radius 1 is 1.10 bits per heavy atom. The quantitative estimate of drug-likeness (QED) is 0.469. The molecule has 0 radical (unpaired) electrons. The Hall–Kier alpha value is -4.65. The van der Waals surface area contributed by atoms with E-state index in [4.69, 9.17) is 15.7 Å². The van der Waals surface area contributed by atoms with Gasteiger partial charge in [-0.25, -0.2) is 14.0 Å². The molecule has 0 atom stereocenters. The minimum Gasteiger partial charge on any atom is -0.489 e. The lowest BCUT2D eigenvalue weighted by molar-refractivity contribution is 0.0695. The van der Waals surface area contributed by atoms with Crippen LogP contribution < -0.4 is 16.0 Å². The molecular formula is C21H14FN3O6. The molecule has 0 spiro atoms. The number of nitrogens with zero attached hydrogens (tertiary/aromatic N) is 1. The lowest BCUT2D eigenvalue weighted by atomic mass is 9.95.